The summed E-state index contributed by atoms with van der Waals surface area (Å²) in [7, 11) is 1.76. The fourth-order valence-corrected chi connectivity index (χ4v) is 2.26. The van der Waals surface area contributed by atoms with E-state index in [4.69, 9.17) is 0 Å². The number of aryl methyl sites for hydroxylation is 2. The van der Waals surface area contributed by atoms with Gasteiger partial charge in [0.15, 0.2) is 0 Å². The molecule has 1 nitrogen and oxygen atoms in total. The Kier molecular flexibility index (Phi) is 4.50. The molecule has 0 aromatic heterocycles. The third kappa shape index (κ3) is 3.23. The van der Waals surface area contributed by atoms with Gasteiger partial charge in [-0.3, -0.25) is 0 Å². The van der Waals surface area contributed by atoms with Gasteiger partial charge in [0.25, 0.3) is 0 Å². The predicted octanol–water partition coefficient (Wildman–Crippen LogP) is 4.08. The van der Waals surface area contributed by atoms with Crippen LogP contribution < -0.4 is 5.32 Å². The minimum atomic E-state index is -0.370. The summed E-state index contributed by atoms with van der Waals surface area (Å²) in [5, 5.41) is 3.06. The second kappa shape index (κ2) is 6.14. The van der Waals surface area contributed by atoms with Gasteiger partial charge in [0, 0.05) is 11.6 Å². The second-order valence-corrected chi connectivity index (χ2v) is 5.15. The van der Waals surface area contributed by atoms with E-state index in [1.54, 1.807) is 14.0 Å². The molecule has 0 saturated carbocycles. The maximum atomic E-state index is 14.0. The van der Waals surface area contributed by atoms with Gasteiger partial charge >= 0.3 is 0 Å². The van der Waals surface area contributed by atoms with Crippen LogP contribution in [0.3, 0.4) is 0 Å². The first-order valence-electron chi connectivity index (χ1n) is 6.69. The Morgan fingerprint density at radius 1 is 1.00 bits per heavy atom. The third-order valence-corrected chi connectivity index (χ3v) is 3.56. The summed E-state index contributed by atoms with van der Waals surface area (Å²) in [6.45, 7) is 3.59. The first kappa shape index (κ1) is 14.7. The number of likely N-dealkylation sites (N-methyl/N-ethyl adjacent to an activating group) is 1. The van der Waals surface area contributed by atoms with E-state index in [2.05, 4.69) is 5.32 Å². The predicted molar refractivity (Wildman–Crippen MR) is 77.8 cm³/mol. The Morgan fingerprint density at radius 3 is 2.25 bits per heavy atom. The molecule has 2 aromatic rings. The van der Waals surface area contributed by atoms with Crippen LogP contribution in [0.1, 0.15) is 28.3 Å². The van der Waals surface area contributed by atoms with Crippen LogP contribution in [0.2, 0.25) is 0 Å². The van der Waals surface area contributed by atoms with Crippen LogP contribution in [-0.4, -0.2) is 7.05 Å². The molecule has 0 amide bonds. The monoisotopic (exact) mass is 275 g/mol. The van der Waals surface area contributed by atoms with Crippen molar-refractivity contribution in [3.05, 3.63) is 70.3 Å². The zero-order chi connectivity index (χ0) is 14.7. The first-order chi connectivity index (χ1) is 9.51. The highest BCUT2D eigenvalue weighted by Crippen LogP contribution is 2.24. The Balaban J connectivity index is 2.28. The molecule has 0 radical (unpaired) electrons. The van der Waals surface area contributed by atoms with E-state index < -0.39 is 0 Å². The maximum Gasteiger partial charge on any atom is 0.128 e. The number of rotatable bonds is 4. The molecular formula is C17H19F2N. The molecule has 1 unspecified atom stereocenters. The zero-order valence-corrected chi connectivity index (χ0v) is 12.0. The van der Waals surface area contributed by atoms with E-state index in [1.165, 1.54) is 17.7 Å². The fraction of sp³-hybridized carbons (Fsp3) is 0.294. The van der Waals surface area contributed by atoms with E-state index >= 15 is 0 Å². The topological polar surface area (TPSA) is 12.0 Å². The average Bonchev–Trinajstić information content (AvgIpc) is 2.43. The smallest absolute Gasteiger partial charge is 0.128 e. The molecule has 2 rings (SSSR count). The molecule has 0 aliphatic rings. The number of halogens is 2. The molecule has 0 spiro atoms. The van der Waals surface area contributed by atoms with E-state index in [9.17, 15) is 8.78 Å². The van der Waals surface area contributed by atoms with Crippen molar-refractivity contribution >= 4 is 0 Å². The largest absolute Gasteiger partial charge is 0.313 e. The van der Waals surface area contributed by atoms with Crippen molar-refractivity contribution in [1.29, 1.82) is 0 Å². The third-order valence-electron chi connectivity index (χ3n) is 3.56. The van der Waals surface area contributed by atoms with Gasteiger partial charge in [0.05, 0.1) is 0 Å². The van der Waals surface area contributed by atoms with Crippen molar-refractivity contribution in [2.24, 2.45) is 0 Å². The van der Waals surface area contributed by atoms with Gasteiger partial charge in [-0.2, -0.15) is 0 Å². The lowest BCUT2D eigenvalue weighted by Crippen LogP contribution is -2.20. The summed E-state index contributed by atoms with van der Waals surface area (Å²) in [6.07, 6.45) is 0.621. The molecule has 0 saturated heterocycles. The highest BCUT2D eigenvalue weighted by molar-refractivity contribution is 5.30. The molecular weight excluding hydrogens is 256 g/mol. The van der Waals surface area contributed by atoms with Crippen LogP contribution in [0.4, 0.5) is 8.78 Å². The van der Waals surface area contributed by atoms with E-state index in [-0.39, 0.29) is 17.7 Å². The average molecular weight is 275 g/mol. The lowest BCUT2D eigenvalue weighted by molar-refractivity contribution is 0.520. The summed E-state index contributed by atoms with van der Waals surface area (Å²) in [5.74, 6) is -0.735. The minimum Gasteiger partial charge on any atom is -0.313 e. The van der Waals surface area contributed by atoms with Crippen molar-refractivity contribution in [2.45, 2.75) is 26.3 Å². The van der Waals surface area contributed by atoms with Crippen LogP contribution in [0.5, 0.6) is 0 Å². The lowest BCUT2D eigenvalue weighted by Gasteiger charge is -2.18. The van der Waals surface area contributed by atoms with Crippen LogP contribution in [0.25, 0.3) is 0 Å². The molecule has 0 aliphatic carbocycles. The van der Waals surface area contributed by atoms with Gasteiger partial charge in [-0.1, -0.05) is 29.8 Å². The van der Waals surface area contributed by atoms with Crippen LogP contribution in [-0.2, 0) is 6.42 Å². The molecule has 3 heteroatoms. The van der Waals surface area contributed by atoms with Gasteiger partial charge < -0.3 is 5.32 Å². The summed E-state index contributed by atoms with van der Waals surface area (Å²) >= 11 is 0. The normalized spacial score (nSPS) is 12.4. The number of nitrogens with one attached hydrogen (secondary N) is 1. The molecule has 0 bridgehead atoms. The van der Waals surface area contributed by atoms with Gasteiger partial charge in [-0.05, 0) is 50.6 Å². The van der Waals surface area contributed by atoms with E-state index in [0.29, 0.717) is 17.5 Å². The van der Waals surface area contributed by atoms with Gasteiger partial charge in [0.1, 0.15) is 11.6 Å². The zero-order valence-electron chi connectivity index (χ0n) is 12.0. The molecule has 1 atom stereocenters. The molecule has 0 heterocycles. The Morgan fingerprint density at radius 2 is 1.65 bits per heavy atom. The van der Waals surface area contributed by atoms with Gasteiger partial charge in [-0.15, -0.1) is 0 Å². The molecule has 0 aliphatic heterocycles. The Labute approximate surface area is 118 Å². The Hall–Kier alpha value is -1.74. The summed E-state index contributed by atoms with van der Waals surface area (Å²) in [5.41, 5.74) is 2.98. The van der Waals surface area contributed by atoms with E-state index in [0.717, 1.165) is 5.56 Å². The maximum absolute atomic E-state index is 14.0. The molecule has 1 N–H and O–H groups in total. The lowest BCUT2D eigenvalue weighted by atomic mass is 9.97. The molecule has 2 aromatic carbocycles. The van der Waals surface area contributed by atoms with Crippen LogP contribution in [0, 0.1) is 25.5 Å². The van der Waals surface area contributed by atoms with E-state index in [1.807, 2.05) is 31.2 Å². The highest BCUT2D eigenvalue weighted by atomic mass is 19.1. The van der Waals surface area contributed by atoms with Crippen molar-refractivity contribution in [3.8, 4) is 0 Å². The Bertz CT molecular complexity index is 591. The van der Waals surface area contributed by atoms with Gasteiger partial charge in [0.2, 0.25) is 0 Å². The quantitative estimate of drug-likeness (QED) is 0.886. The van der Waals surface area contributed by atoms with Crippen LogP contribution in [0.15, 0.2) is 36.4 Å². The molecule has 20 heavy (non-hydrogen) atoms. The molecule has 106 valence electrons. The van der Waals surface area contributed by atoms with Gasteiger partial charge in [-0.25, -0.2) is 8.78 Å². The number of hydrogen-bond acceptors (Lipinski definition) is 1. The standard InChI is InChI=1S/C17H19F2N/c1-11-4-6-13(7-5-11)9-17(20-3)14-10-15(18)12(2)8-16(14)19/h4-8,10,17,20H,9H2,1-3H3. The SMILES string of the molecule is CNC(Cc1ccc(C)cc1)c1cc(F)c(C)cc1F. The summed E-state index contributed by atoms with van der Waals surface area (Å²) in [6, 6.07) is 10.4. The number of hydrogen-bond donors (Lipinski definition) is 1. The summed E-state index contributed by atoms with van der Waals surface area (Å²) in [4.78, 5) is 0. The van der Waals surface area contributed by atoms with Crippen molar-refractivity contribution in [1.82, 2.24) is 5.32 Å². The number of benzene rings is 2. The fourth-order valence-electron chi connectivity index (χ4n) is 2.26. The highest BCUT2D eigenvalue weighted by Gasteiger charge is 2.16. The first-order valence-corrected chi connectivity index (χ1v) is 6.69. The second-order valence-electron chi connectivity index (χ2n) is 5.15. The van der Waals surface area contributed by atoms with Crippen molar-refractivity contribution in [3.63, 3.8) is 0 Å². The van der Waals surface area contributed by atoms with Crippen molar-refractivity contribution in [2.75, 3.05) is 7.05 Å². The van der Waals surface area contributed by atoms with Crippen molar-refractivity contribution < 1.29 is 8.78 Å². The minimum absolute atomic E-state index is 0.243. The van der Waals surface area contributed by atoms with Crippen LogP contribution >= 0.6 is 0 Å². The molecule has 0 fully saturated rings. The summed E-state index contributed by atoms with van der Waals surface area (Å²) < 4.78 is 27.7.